The third kappa shape index (κ3) is 4.81. The Hall–Kier alpha value is -0.210. The fourth-order valence-electron chi connectivity index (χ4n) is 1.06. The van der Waals surface area contributed by atoms with Crippen LogP contribution in [0.25, 0.3) is 0 Å². The van der Waals surface area contributed by atoms with Gasteiger partial charge in [0.1, 0.15) is 5.82 Å². The topological polar surface area (TPSA) is 58.2 Å². The molecule has 0 radical (unpaired) electrons. The highest BCUT2D eigenvalue weighted by molar-refractivity contribution is 9.10. The van der Waals surface area contributed by atoms with Crippen molar-refractivity contribution >= 4 is 38.4 Å². The van der Waals surface area contributed by atoms with Crippen molar-refractivity contribution in [3.8, 4) is 0 Å². The van der Waals surface area contributed by atoms with Gasteiger partial charge in [0, 0.05) is 12.6 Å². The first-order chi connectivity index (χ1) is 7.86. The maximum atomic E-state index is 13.2. The third-order valence-electron chi connectivity index (χ3n) is 2.27. The summed E-state index contributed by atoms with van der Waals surface area (Å²) < 4.78 is 39.5. The second-order valence-electron chi connectivity index (χ2n) is 3.62. The van der Waals surface area contributed by atoms with Gasteiger partial charge in [-0.3, -0.25) is 0 Å². The van der Waals surface area contributed by atoms with E-state index in [0.29, 0.717) is 0 Å². The zero-order valence-corrected chi connectivity index (χ0v) is 13.1. The van der Waals surface area contributed by atoms with Crippen LogP contribution in [0, 0.1) is 5.82 Å². The molecule has 2 N–H and O–H groups in total. The van der Waals surface area contributed by atoms with E-state index in [1.165, 1.54) is 12.1 Å². The summed E-state index contributed by atoms with van der Waals surface area (Å²) in [5, 5.41) is 2.90. The number of likely N-dealkylation sites (N-methyl/N-ethyl adjacent to an activating group) is 1. The molecule has 0 aromatic heterocycles. The number of sulfonamides is 1. The van der Waals surface area contributed by atoms with Gasteiger partial charge in [-0.1, -0.05) is 0 Å². The highest BCUT2D eigenvalue weighted by atomic mass is 79.9. The molecule has 1 unspecified atom stereocenters. The minimum absolute atomic E-state index is 0. The van der Waals surface area contributed by atoms with Gasteiger partial charge in [0.15, 0.2) is 0 Å². The Bertz CT molecular complexity index is 499. The minimum atomic E-state index is -3.66. The van der Waals surface area contributed by atoms with Gasteiger partial charge < -0.3 is 5.32 Å². The average Bonchev–Trinajstić information content (AvgIpc) is 2.29. The Morgan fingerprint density at radius 3 is 2.56 bits per heavy atom. The van der Waals surface area contributed by atoms with Crippen LogP contribution in [0.5, 0.6) is 0 Å². The van der Waals surface area contributed by atoms with E-state index >= 15 is 0 Å². The van der Waals surface area contributed by atoms with Crippen LogP contribution < -0.4 is 10.0 Å². The van der Waals surface area contributed by atoms with Gasteiger partial charge >= 0.3 is 0 Å². The van der Waals surface area contributed by atoms with Crippen molar-refractivity contribution in [2.75, 3.05) is 13.6 Å². The molecule has 0 aliphatic carbocycles. The van der Waals surface area contributed by atoms with E-state index in [4.69, 9.17) is 0 Å². The van der Waals surface area contributed by atoms with Gasteiger partial charge in [-0.2, -0.15) is 0 Å². The lowest BCUT2D eigenvalue weighted by Crippen LogP contribution is -2.37. The van der Waals surface area contributed by atoms with Crippen molar-refractivity contribution in [3.63, 3.8) is 0 Å². The van der Waals surface area contributed by atoms with Crippen LogP contribution in [0.15, 0.2) is 27.6 Å². The number of nitrogens with one attached hydrogen (secondary N) is 2. The predicted molar refractivity (Wildman–Crippen MR) is 75.1 cm³/mol. The second kappa shape index (κ2) is 7.40. The zero-order chi connectivity index (χ0) is 13.1. The van der Waals surface area contributed by atoms with Crippen molar-refractivity contribution in [1.29, 1.82) is 0 Å². The highest BCUT2D eigenvalue weighted by Crippen LogP contribution is 2.19. The van der Waals surface area contributed by atoms with Crippen molar-refractivity contribution in [3.05, 3.63) is 28.5 Å². The normalized spacial score (nSPS) is 12.9. The second-order valence-corrected chi connectivity index (χ2v) is 6.24. The van der Waals surface area contributed by atoms with E-state index in [2.05, 4.69) is 26.0 Å². The maximum absolute atomic E-state index is 13.2. The fourth-order valence-corrected chi connectivity index (χ4v) is 2.45. The first-order valence-corrected chi connectivity index (χ1v) is 7.26. The van der Waals surface area contributed by atoms with Crippen LogP contribution in [-0.4, -0.2) is 28.1 Å². The molecule has 1 rings (SSSR count). The molecule has 0 spiro atoms. The van der Waals surface area contributed by atoms with Gasteiger partial charge in [0.25, 0.3) is 0 Å². The zero-order valence-electron chi connectivity index (χ0n) is 9.91. The lowest BCUT2D eigenvalue weighted by atomic mass is 10.3. The van der Waals surface area contributed by atoms with Crippen molar-refractivity contribution in [1.82, 2.24) is 10.0 Å². The van der Waals surface area contributed by atoms with E-state index in [9.17, 15) is 12.8 Å². The van der Waals surface area contributed by atoms with Crippen LogP contribution in [-0.2, 0) is 10.0 Å². The van der Waals surface area contributed by atoms with Gasteiger partial charge in [-0.15, -0.1) is 12.4 Å². The Labute approximate surface area is 121 Å². The number of hydrogen-bond acceptors (Lipinski definition) is 3. The Morgan fingerprint density at radius 2 is 2.06 bits per heavy atom. The van der Waals surface area contributed by atoms with Crippen LogP contribution in [0.1, 0.15) is 6.92 Å². The number of benzene rings is 1. The summed E-state index contributed by atoms with van der Waals surface area (Å²) in [5.41, 5.74) is 0. The summed E-state index contributed by atoms with van der Waals surface area (Å²) >= 11 is 2.97. The van der Waals surface area contributed by atoms with Gasteiger partial charge in [0.05, 0.1) is 9.37 Å². The van der Waals surface area contributed by atoms with E-state index < -0.39 is 15.8 Å². The first kappa shape index (κ1) is 17.8. The van der Waals surface area contributed by atoms with Crippen LogP contribution in [0.3, 0.4) is 0 Å². The molecule has 0 saturated carbocycles. The Balaban J connectivity index is 0.00000289. The fraction of sp³-hybridized carbons (Fsp3) is 0.400. The van der Waals surface area contributed by atoms with E-state index in [1.807, 2.05) is 6.92 Å². The number of halogens is 3. The number of hydrogen-bond donors (Lipinski definition) is 2. The molecule has 0 saturated heterocycles. The molecule has 104 valence electrons. The van der Waals surface area contributed by atoms with Crippen molar-refractivity contribution in [2.45, 2.75) is 17.9 Å². The number of rotatable bonds is 5. The first-order valence-electron chi connectivity index (χ1n) is 4.99. The van der Waals surface area contributed by atoms with E-state index in [0.717, 1.165) is 6.07 Å². The van der Waals surface area contributed by atoms with E-state index in [-0.39, 0.29) is 34.4 Å². The molecule has 0 fully saturated rings. The summed E-state index contributed by atoms with van der Waals surface area (Å²) in [6.07, 6.45) is 0. The molecule has 1 atom stereocenters. The van der Waals surface area contributed by atoms with Crippen molar-refractivity contribution < 1.29 is 12.8 Å². The molecule has 18 heavy (non-hydrogen) atoms. The molecular weight excluding hydrogens is 347 g/mol. The van der Waals surface area contributed by atoms with Gasteiger partial charge in [-0.25, -0.2) is 17.5 Å². The van der Waals surface area contributed by atoms with Crippen LogP contribution >= 0.6 is 28.3 Å². The summed E-state index contributed by atoms with van der Waals surface area (Å²) in [5.74, 6) is -0.602. The Morgan fingerprint density at radius 1 is 1.44 bits per heavy atom. The molecule has 8 heteroatoms. The average molecular weight is 362 g/mol. The molecule has 0 amide bonds. The largest absolute Gasteiger partial charge is 0.316 e. The predicted octanol–water partition coefficient (Wildman–Crippen LogP) is 1.90. The molecule has 0 bridgehead atoms. The summed E-state index contributed by atoms with van der Waals surface area (Å²) in [4.78, 5) is -0.0819. The molecule has 0 aliphatic heterocycles. The third-order valence-corrected chi connectivity index (χ3v) is 4.34. The SMILES string of the molecule is CNC(C)CNS(=O)(=O)c1ccc(Br)c(F)c1.Cl. The molecule has 1 aromatic rings. The Kier molecular flexibility index (Phi) is 7.31. The molecule has 4 nitrogen and oxygen atoms in total. The van der Waals surface area contributed by atoms with Crippen molar-refractivity contribution in [2.24, 2.45) is 0 Å². The lowest BCUT2D eigenvalue weighted by Gasteiger charge is -2.12. The van der Waals surface area contributed by atoms with Gasteiger partial charge in [0.2, 0.25) is 10.0 Å². The summed E-state index contributed by atoms with van der Waals surface area (Å²) in [6, 6.07) is 3.70. The van der Waals surface area contributed by atoms with Crippen LogP contribution in [0.2, 0.25) is 0 Å². The quantitative estimate of drug-likeness (QED) is 0.842. The highest BCUT2D eigenvalue weighted by Gasteiger charge is 2.16. The maximum Gasteiger partial charge on any atom is 0.240 e. The lowest BCUT2D eigenvalue weighted by molar-refractivity contribution is 0.552. The summed E-state index contributed by atoms with van der Waals surface area (Å²) in [7, 11) is -1.92. The minimum Gasteiger partial charge on any atom is -0.316 e. The van der Waals surface area contributed by atoms with Crippen LogP contribution in [0.4, 0.5) is 4.39 Å². The molecular formula is C10H15BrClFN2O2S. The summed E-state index contributed by atoms with van der Waals surface area (Å²) in [6.45, 7) is 2.08. The molecule has 0 aliphatic rings. The van der Waals surface area contributed by atoms with Gasteiger partial charge in [-0.05, 0) is 48.1 Å². The monoisotopic (exact) mass is 360 g/mol. The molecule has 1 aromatic carbocycles. The van der Waals surface area contributed by atoms with E-state index in [1.54, 1.807) is 7.05 Å². The smallest absolute Gasteiger partial charge is 0.240 e. The molecule has 0 heterocycles. The standard InChI is InChI=1S/C10H14BrFN2O2S.ClH/c1-7(13-2)6-14-17(15,16)8-3-4-9(11)10(12)5-8;/h3-5,7,13-14H,6H2,1-2H3;1H.